The van der Waals surface area contributed by atoms with Gasteiger partial charge in [-0.2, -0.15) is 0 Å². The molecule has 1 N–H and O–H groups in total. The van der Waals surface area contributed by atoms with Crippen LogP contribution in [0.2, 0.25) is 0 Å². The van der Waals surface area contributed by atoms with E-state index >= 15 is 0 Å². The Hall–Kier alpha value is -2.63. The normalized spacial score (nSPS) is 10.2. The number of rotatable bonds is 5. The summed E-state index contributed by atoms with van der Waals surface area (Å²) in [5.74, 6) is -0.283. The van der Waals surface area contributed by atoms with E-state index in [4.69, 9.17) is 0 Å². The number of benzene rings is 2. The summed E-state index contributed by atoms with van der Waals surface area (Å²) in [7, 11) is 3.55. The summed E-state index contributed by atoms with van der Waals surface area (Å²) in [4.78, 5) is 12.4. The number of nitro groups is 1. The molecule has 0 fully saturated rings. The van der Waals surface area contributed by atoms with Gasteiger partial charge in [0.15, 0.2) is 0 Å². The number of nitrogens with zero attached hydrogens (tertiary/aromatic N) is 2. The molecule has 0 spiro atoms. The molecule has 110 valence electrons. The van der Waals surface area contributed by atoms with Gasteiger partial charge in [0.05, 0.1) is 4.92 Å². The molecule has 21 heavy (non-hydrogen) atoms. The lowest BCUT2D eigenvalue weighted by Gasteiger charge is -2.20. The van der Waals surface area contributed by atoms with Crippen molar-refractivity contribution in [2.75, 3.05) is 24.3 Å². The summed E-state index contributed by atoms with van der Waals surface area (Å²) < 4.78 is 12.9. The zero-order chi connectivity index (χ0) is 15.4. The smallest absolute Gasteiger partial charge is 0.273 e. The SMILES string of the molecule is CNc1cc(N(C)Cc2ccc(F)cc2)cc([N+](=O)[O-])c1. The first-order chi connectivity index (χ1) is 9.99. The van der Waals surface area contributed by atoms with Gasteiger partial charge in [-0.3, -0.25) is 10.1 Å². The van der Waals surface area contributed by atoms with E-state index in [1.54, 1.807) is 19.2 Å². The topological polar surface area (TPSA) is 58.4 Å². The second-order valence-corrected chi connectivity index (χ2v) is 4.73. The number of non-ortho nitro benzene ring substituents is 1. The van der Waals surface area contributed by atoms with Crippen LogP contribution in [0, 0.1) is 15.9 Å². The number of nitro benzene ring substituents is 1. The zero-order valence-corrected chi connectivity index (χ0v) is 11.8. The number of hydrogen-bond donors (Lipinski definition) is 1. The van der Waals surface area contributed by atoms with Crippen molar-refractivity contribution in [2.45, 2.75) is 6.54 Å². The third-order valence-corrected chi connectivity index (χ3v) is 3.18. The van der Waals surface area contributed by atoms with Gasteiger partial charge in [0.25, 0.3) is 5.69 Å². The Kier molecular flexibility index (Phi) is 4.37. The van der Waals surface area contributed by atoms with Gasteiger partial charge in [0, 0.05) is 44.1 Å². The van der Waals surface area contributed by atoms with Crippen LogP contribution in [0.4, 0.5) is 21.5 Å². The third-order valence-electron chi connectivity index (χ3n) is 3.18. The lowest BCUT2D eigenvalue weighted by molar-refractivity contribution is -0.384. The van der Waals surface area contributed by atoms with Crippen LogP contribution in [-0.4, -0.2) is 19.0 Å². The van der Waals surface area contributed by atoms with Gasteiger partial charge in [-0.05, 0) is 23.8 Å². The molecule has 0 radical (unpaired) electrons. The van der Waals surface area contributed by atoms with E-state index in [1.165, 1.54) is 24.3 Å². The van der Waals surface area contributed by atoms with Gasteiger partial charge in [-0.1, -0.05) is 12.1 Å². The molecule has 5 nitrogen and oxygen atoms in total. The van der Waals surface area contributed by atoms with Gasteiger partial charge < -0.3 is 10.2 Å². The minimum atomic E-state index is -0.421. The summed E-state index contributed by atoms with van der Waals surface area (Å²) >= 11 is 0. The maximum atomic E-state index is 12.9. The molecular formula is C15H16FN3O2. The largest absolute Gasteiger partial charge is 0.388 e. The molecule has 0 saturated carbocycles. The van der Waals surface area contributed by atoms with Crippen molar-refractivity contribution in [1.29, 1.82) is 0 Å². The highest BCUT2D eigenvalue weighted by atomic mass is 19.1. The number of halogens is 1. The monoisotopic (exact) mass is 289 g/mol. The van der Waals surface area contributed by atoms with Gasteiger partial charge in [-0.25, -0.2) is 4.39 Å². The number of anilines is 2. The van der Waals surface area contributed by atoms with Crippen LogP contribution in [0.1, 0.15) is 5.56 Å². The van der Waals surface area contributed by atoms with Crippen molar-refractivity contribution in [2.24, 2.45) is 0 Å². The molecule has 2 aromatic carbocycles. The quantitative estimate of drug-likeness (QED) is 0.677. The fourth-order valence-electron chi connectivity index (χ4n) is 2.02. The van der Waals surface area contributed by atoms with Gasteiger partial charge >= 0.3 is 0 Å². The molecule has 0 bridgehead atoms. The molecule has 0 unspecified atom stereocenters. The van der Waals surface area contributed by atoms with Crippen molar-refractivity contribution in [1.82, 2.24) is 0 Å². The summed E-state index contributed by atoms with van der Waals surface area (Å²) in [6, 6.07) is 11.0. The third kappa shape index (κ3) is 3.68. The highest BCUT2D eigenvalue weighted by Gasteiger charge is 2.12. The van der Waals surface area contributed by atoms with Crippen LogP contribution in [0.25, 0.3) is 0 Å². The summed E-state index contributed by atoms with van der Waals surface area (Å²) in [5, 5.41) is 13.9. The number of nitrogens with one attached hydrogen (secondary N) is 1. The first-order valence-corrected chi connectivity index (χ1v) is 6.42. The summed E-state index contributed by atoms with van der Waals surface area (Å²) in [6.07, 6.45) is 0. The van der Waals surface area contributed by atoms with E-state index in [9.17, 15) is 14.5 Å². The molecule has 0 atom stereocenters. The molecule has 0 saturated heterocycles. The van der Waals surface area contributed by atoms with Crippen molar-refractivity contribution >= 4 is 17.1 Å². The van der Waals surface area contributed by atoms with Gasteiger partial charge in [0.1, 0.15) is 5.82 Å². The van der Waals surface area contributed by atoms with E-state index in [0.29, 0.717) is 12.2 Å². The van der Waals surface area contributed by atoms with E-state index in [1.807, 2.05) is 18.0 Å². The highest BCUT2D eigenvalue weighted by molar-refractivity contribution is 5.64. The Balaban J connectivity index is 2.25. The van der Waals surface area contributed by atoms with Gasteiger partial charge in [0.2, 0.25) is 0 Å². The molecule has 6 heteroatoms. The van der Waals surface area contributed by atoms with Crippen molar-refractivity contribution < 1.29 is 9.31 Å². The second-order valence-electron chi connectivity index (χ2n) is 4.73. The average Bonchev–Trinajstić information content (AvgIpc) is 2.49. The average molecular weight is 289 g/mol. The summed E-state index contributed by atoms with van der Waals surface area (Å²) in [6.45, 7) is 0.532. The molecular weight excluding hydrogens is 273 g/mol. The van der Waals surface area contributed by atoms with Crippen LogP contribution in [0.3, 0.4) is 0 Å². The van der Waals surface area contributed by atoms with Crippen LogP contribution >= 0.6 is 0 Å². The van der Waals surface area contributed by atoms with Gasteiger partial charge in [-0.15, -0.1) is 0 Å². The fraction of sp³-hybridized carbons (Fsp3) is 0.200. The predicted octanol–water partition coefficient (Wildman–Crippen LogP) is 3.41. The molecule has 0 heterocycles. The fourth-order valence-corrected chi connectivity index (χ4v) is 2.02. The Morgan fingerprint density at radius 1 is 1.24 bits per heavy atom. The van der Waals surface area contributed by atoms with Crippen LogP contribution in [0.15, 0.2) is 42.5 Å². The lowest BCUT2D eigenvalue weighted by atomic mass is 10.2. The van der Waals surface area contributed by atoms with Crippen molar-refractivity contribution in [3.05, 3.63) is 64.0 Å². The maximum absolute atomic E-state index is 12.9. The van der Waals surface area contributed by atoms with Crippen molar-refractivity contribution in [3.63, 3.8) is 0 Å². The van der Waals surface area contributed by atoms with E-state index < -0.39 is 4.92 Å². The minimum absolute atomic E-state index is 0.0304. The Labute approximate surface area is 122 Å². The lowest BCUT2D eigenvalue weighted by Crippen LogP contribution is -2.16. The molecule has 2 rings (SSSR count). The Bertz CT molecular complexity index is 644. The minimum Gasteiger partial charge on any atom is -0.388 e. The highest BCUT2D eigenvalue weighted by Crippen LogP contribution is 2.27. The summed E-state index contributed by atoms with van der Waals surface area (Å²) in [5.41, 5.74) is 2.35. The number of hydrogen-bond acceptors (Lipinski definition) is 4. The van der Waals surface area contributed by atoms with E-state index in [0.717, 1.165) is 11.3 Å². The van der Waals surface area contributed by atoms with E-state index in [-0.39, 0.29) is 11.5 Å². The molecule has 2 aromatic rings. The first kappa shape index (κ1) is 14.8. The van der Waals surface area contributed by atoms with Crippen molar-refractivity contribution in [3.8, 4) is 0 Å². The molecule has 0 aliphatic carbocycles. The molecule has 0 aliphatic heterocycles. The second kappa shape index (κ2) is 6.21. The molecule has 0 aliphatic rings. The zero-order valence-electron chi connectivity index (χ0n) is 11.8. The van der Waals surface area contributed by atoms with E-state index in [2.05, 4.69) is 5.32 Å². The van der Waals surface area contributed by atoms with Crippen LogP contribution in [-0.2, 0) is 6.54 Å². The first-order valence-electron chi connectivity index (χ1n) is 6.42. The standard InChI is InChI=1S/C15H16FN3O2/c1-17-13-7-14(9-15(8-13)19(20)21)18(2)10-11-3-5-12(16)6-4-11/h3-9,17H,10H2,1-2H3. The Morgan fingerprint density at radius 3 is 2.48 bits per heavy atom. The predicted molar refractivity (Wildman–Crippen MR) is 81.2 cm³/mol. The molecule has 0 amide bonds. The van der Waals surface area contributed by atoms with Crippen LogP contribution in [0.5, 0.6) is 0 Å². The Morgan fingerprint density at radius 2 is 1.90 bits per heavy atom. The van der Waals surface area contributed by atoms with Crippen LogP contribution < -0.4 is 10.2 Å². The molecule has 0 aromatic heterocycles. The maximum Gasteiger partial charge on any atom is 0.273 e.